The molecule has 1 aliphatic heterocycles. The number of amides is 1. The van der Waals surface area contributed by atoms with Crippen molar-refractivity contribution in [1.82, 2.24) is 5.06 Å². The van der Waals surface area contributed by atoms with Gasteiger partial charge in [0, 0.05) is 6.42 Å². The van der Waals surface area contributed by atoms with Gasteiger partial charge < -0.3 is 0 Å². The van der Waals surface area contributed by atoms with Crippen LogP contribution in [-0.2, 0) is 16.2 Å². The average Bonchev–Trinajstić information content (AvgIpc) is 2.57. The van der Waals surface area contributed by atoms with E-state index in [0.29, 0.717) is 18.9 Å². The van der Waals surface area contributed by atoms with Crippen LogP contribution >= 0.6 is 0 Å². The Kier molecular flexibility index (Phi) is 3.13. The van der Waals surface area contributed by atoms with E-state index in [1.54, 1.807) is 5.06 Å². The second-order valence-corrected chi connectivity index (χ2v) is 6.88. The monoisotopic (exact) mass is 273 g/mol. The molecule has 108 valence electrons. The molecule has 2 atom stereocenters. The van der Waals surface area contributed by atoms with E-state index in [9.17, 15) is 4.79 Å². The molecule has 1 saturated carbocycles. The SMILES string of the molecule is CC1(C)C2CCC1(C)N(OCc1ccccc1)C(=O)C2. The van der Waals surface area contributed by atoms with Gasteiger partial charge in [0.25, 0.3) is 0 Å². The normalized spacial score (nSPS) is 31.6. The van der Waals surface area contributed by atoms with Gasteiger partial charge in [0.15, 0.2) is 0 Å². The van der Waals surface area contributed by atoms with Crippen LogP contribution in [0.25, 0.3) is 0 Å². The molecule has 20 heavy (non-hydrogen) atoms. The average molecular weight is 273 g/mol. The Bertz CT molecular complexity index is 511. The first-order valence-electron chi connectivity index (χ1n) is 7.45. The molecule has 2 bridgehead atoms. The molecule has 0 aromatic heterocycles. The summed E-state index contributed by atoms with van der Waals surface area (Å²) in [6.45, 7) is 7.18. The molecule has 3 nitrogen and oxygen atoms in total. The van der Waals surface area contributed by atoms with Gasteiger partial charge in [0.05, 0.1) is 5.54 Å². The molecule has 1 aromatic rings. The summed E-state index contributed by atoms with van der Waals surface area (Å²) in [5.74, 6) is 0.641. The summed E-state index contributed by atoms with van der Waals surface area (Å²) in [7, 11) is 0. The van der Waals surface area contributed by atoms with Crippen LogP contribution in [0.3, 0.4) is 0 Å². The van der Waals surface area contributed by atoms with Crippen molar-refractivity contribution in [2.24, 2.45) is 11.3 Å². The number of hydrogen-bond acceptors (Lipinski definition) is 2. The molecule has 1 saturated heterocycles. The lowest BCUT2D eigenvalue weighted by molar-refractivity contribution is -0.253. The number of rotatable bonds is 3. The maximum absolute atomic E-state index is 12.4. The molecule has 3 heteroatoms. The van der Waals surface area contributed by atoms with E-state index >= 15 is 0 Å². The minimum absolute atomic E-state index is 0.123. The Morgan fingerprint density at radius 1 is 1.25 bits per heavy atom. The molecule has 1 amide bonds. The lowest BCUT2D eigenvalue weighted by Crippen LogP contribution is -2.60. The molecule has 2 fully saturated rings. The smallest absolute Gasteiger partial charge is 0.246 e. The molecule has 1 heterocycles. The number of piperidine rings is 1. The standard InChI is InChI=1S/C17H23NO2/c1-16(2)14-9-10-17(16,3)18(15(19)11-14)20-12-13-7-5-4-6-8-13/h4-8,14H,9-12H2,1-3H3. The molecule has 0 spiro atoms. The zero-order valence-corrected chi connectivity index (χ0v) is 12.6. The quantitative estimate of drug-likeness (QED) is 0.843. The van der Waals surface area contributed by atoms with E-state index in [0.717, 1.165) is 18.4 Å². The van der Waals surface area contributed by atoms with Crippen molar-refractivity contribution in [2.75, 3.05) is 0 Å². The highest BCUT2D eigenvalue weighted by atomic mass is 16.7. The molecule has 0 N–H and O–H groups in total. The van der Waals surface area contributed by atoms with Crippen molar-refractivity contribution in [1.29, 1.82) is 0 Å². The molecule has 1 aliphatic carbocycles. The Morgan fingerprint density at radius 2 is 1.95 bits per heavy atom. The van der Waals surface area contributed by atoms with Crippen molar-refractivity contribution in [3.05, 3.63) is 35.9 Å². The van der Waals surface area contributed by atoms with Gasteiger partial charge in [-0.05, 0) is 36.7 Å². The lowest BCUT2D eigenvalue weighted by Gasteiger charge is -2.51. The predicted molar refractivity (Wildman–Crippen MR) is 77.6 cm³/mol. The van der Waals surface area contributed by atoms with Crippen LogP contribution < -0.4 is 0 Å². The number of carbonyl (C=O) groups excluding carboxylic acids is 1. The first-order chi connectivity index (χ1) is 9.45. The summed E-state index contributed by atoms with van der Waals surface area (Å²) in [6.07, 6.45) is 2.78. The van der Waals surface area contributed by atoms with Crippen LogP contribution in [0.2, 0.25) is 0 Å². The van der Waals surface area contributed by atoms with Gasteiger partial charge in [-0.2, -0.15) is 0 Å². The zero-order valence-electron chi connectivity index (χ0n) is 12.6. The molecule has 0 radical (unpaired) electrons. The molecular formula is C17H23NO2. The number of nitrogens with zero attached hydrogens (tertiary/aromatic N) is 1. The van der Waals surface area contributed by atoms with Crippen molar-refractivity contribution >= 4 is 5.91 Å². The molecular weight excluding hydrogens is 250 g/mol. The van der Waals surface area contributed by atoms with Crippen LogP contribution in [0.5, 0.6) is 0 Å². The van der Waals surface area contributed by atoms with Gasteiger partial charge >= 0.3 is 0 Å². The Balaban J connectivity index is 1.79. The Morgan fingerprint density at radius 3 is 2.65 bits per heavy atom. The van der Waals surface area contributed by atoms with Crippen LogP contribution in [-0.4, -0.2) is 16.5 Å². The van der Waals surface area contributed by atoms with Gasteiger partial charge in [0.2, 0.25) is 5.91 Å². The maximum atomic E-state index is 12.4. The number of fused-ring (bicyclic) bond motifs is 2. The highest BCUT2D eigenvalue weighted by Gasteiger charge is 2.60. The van der Waals surface area contributed by atoms with E-state index in [1.165, 1.54) is 0 Å². The fourth-order valence-corrected chi connectivity index (χ4v) is 3.80. The lowest BCUT2D eigenvalue weighted by atomic mass is 9.67. The minimum Gasteiger partial charge on any atom is -0.273 e. The number of benzene rings is 1. The van der Waals surface area contributed by atoms with E-state index in [2.05, 4.69) is 20.8 Å². The van der Waals surface area contributed by atoms with E-state index in [-0.39, 0.29) is 16.9 Å². The fraction of sp³-hybridized carbons (Fsp3) is 0.588. The number of carbonyl (C=O) groups is 1. The van der Waals surface area contributed by atoms with Crippen LogP contribution in [0.1, 0.15) is 45.6 Å². The van der Waals surface area contributed by atoms with Crippen molar-refractivity contribution in [3.8, 4) is 0 Å². The first-order valence-corrected chi connectivity index (χ1v) is 7.45. The molecule has 2 aliphatic rings. The van der Waals surface area contributed by atoms with Gasteiger partial charge in [-0.25, -0.2) is 5.06 Å². The van der Waals surface area contributed by atoms with Crippen molar-refractivity contribution < 1.29 is 9.63 Å². The van der Waals surface area contributed by atoms with Gasteiger partial charge in [0.1, 0.15) is 6.61 Å². The summed E-state index contributed by atoms with van der Waals surface area (Å²) in [6, 6.07) is 10.0. The molecule has 1 aromatic carbocycles. The number of hydrogen-bond donors (Lipinski definition) is 0. The molecule has 3 rings (SSSR count). The van der Waals surface area contributed by atoms with Gasteiger partial charge in [-0.15, -0.1) is 0 Å². The summed E-state index contributed by atoms with van der Waals surface area (Å²) in [4.78, 5) is 18.3. The summed E-state index contributed by atoms with van der Waals surface area (Å²) in [5, 5.41) is 1.68. The third kappa shape index (κ3) is 1.87. The summed E-state index contributed by atoms with van der Waals surface area (Å²) < 4.78 is 0. The topological polar surface area (TPSA) is 29.5 Å². The van der Waals surface area contributed by atoms with Gasteiger partial charge in [-0.1, -0.05) is 44.2 Å². The van der Waals surface area contributed by atoms with Crippen molar-refractivity contribution in [3.63, 3.8) is 0 Å². The largest absolute Gasteiger partial charge is 0.273 e. The van der Waals surface area contributed by atoms with E-state index in [1.807, 2.05) is 30.3 Å². The third-order valence-corrected chi connectivity index (χ3v) is 5.69. The highest BCUT2D eigenvalue weighted by molar-refractivity contribution is 5.78. The summed E-state index contributed by atoms with van der Waals surface area (Å²) in [5.41, 5.74) is 1.04. The predicted octanol–water partition coefficient (Wildman–Crippen LogP) is 3.55. The van der Waals surface area contributed by atoms with E-state index in [4.69, 9.17) is 4.84 Å². The van der Waals surface area contributed by atoms with Gasteiger partial charge in [-0.3, -0.25) is 9.63 Å². The van der Waals surface area contributed by atoms with Crippen LogP contribution in [0.15, 0.2) is 30.3 Å². The van der Waals surface area contributed by atoms with Crippen LogP contribution in [0.4, 0.5) is 0 Å². The minimum atomic E-state index is -0.179. The Hall–Kier alpha value is -1.35. The maximum Gasteiger partial charge on any atom is 0.246 e. The fourth-order valence-electron chi connectivity index (χ4n) is 3.80. The second-order valence-electron chi connectivity index (χ2n) is 6.88. The zero-order chi connectivity index (χ0) is 14.4. The Labute approximate surface area is 120 Å². The second kappa shape index (κ2) is 4.59. The highest BCUT2D eigenvalue weighted by Crippen LogP contribution is 2.57. The number of hydroxylamine groups is 2. The molecule has 2 unspecified atom stereocenters. The first kappa shape index (κ1) is 13.6. The summed E-state index contributed by atoms with van der Waals surface area (Å²) >= 11 is 0. The van der Waals surface area contributed by atoms with Crippen molar-refractivity contribution in [2.45, 2.75) is 52.2 Å². The van der Waals surface area contributed by atoms with E-state index < -0.39 is 0 Å². The van der Waals surface area contributed by atoms with Crippen LogP contribution in [0, 0.1) is 11.3 Å². The third-order valence-electron chi connectivity index (χ3n) is 5.69.